The molecule has 0 fully saturated rings. The second-order valence-electron chi connectivity index (χ2n) is 3.44. The van der Waals surface area contributed by atoms with Gasteiger partial charge in [0.25, 0.3) is 10.1 Å². The third kappa shape index (κ3) is 4.50. The van der Waals surface area contributed by atoms with Crippen LogP contribution < -0.4 is 4.74 Å². The van der Waals surface area contributed by atoms with E-state index in [0.29, 0.717) is 11.3 Å². The van der Waals surface area contributed by atoms with Crippen molar-refractivity contribution in [2.24, 2.45) is 0 Å². The normalized spacial score (nSPS) is 11.4. The average molecular weight is 246 g/mol. The van der Waals surface area contributed by atoms with E-state index in [-0.39, 0.29) is 24.5 Å². The van der Waals surface area contributed by atoms with Crippen molar-refractivity contribution in [3.05, 3.63) is 23.8 Å². The number of aryl methyl sites for hydroxylation is 1. The molecular weight excluding hydrogens is 232 g/mol. The summed E-state index contributed by atoms with van der Waals surface area (Å²) >= 11 is 0. The lowest BCUT2D eigenvalue weighted by Crippen LogP contribution is -2.08. The molecule has 1 rings (SSSR count). The fourth-order valence-corrected chi connectivity index (χ4v) is 1.63. The Labute approximate surface area is 94.4 Å². The Bertz CT molecular complexity index is 452. The first-order valence-corrected chi connectivity index (χ1v) is 6.37. The van der Waals surface area contributed by atoms with Gasteiger partial charge < -0.3 is 9.84 Å². The topological polar surface area (TPSA) is 83.8 Å². The van der Waals surface area contributed by atoms with Crippen LogP contribution in [0.1, 0.15) is 12.0 Å². The minimum Gasteiger partial charge on any atom is -0.508 e. The first-order valence-electron chi connectivity index (χ1n) is 4.76. The van der Waals surface area contributed by atoms with Crippen molar-refractivity contribution in [2.75, 3.05) is 12.4 Å². The van der Waals surface area contributed by atoms with Crippen LogP contribution in [-0.2, 0) is 10.1 Å². The van der Waals surface area contributed by atoms with E-state index in [9.17, 15) is 13.5 Å². The fraction of sp³-hybridized carbons (Fsp3) is 0.400. The number of benzene rings is 1. The second kappa shape index (κ2) is 5.18. The number of hydrogen-bond acceptors (Lipinski definition) is 4. The largest absolute Gasteiger partial charge is 0.508 e. The predicted octanol–water partition coefficient (Wildman–Crippen LogP) is 1.36. The summed E-state index contributed by atoms with van der Waals surface area (Å²) in [5.41, 5.74) is 0.687. The quantitative estimate of drug-likeness (QED) is 0.605. The smallest absolute Gasteiger partial charge is 0.264 e. The molecule has 1 aromatic rings. The lowest BCUT2D eigenvalue weighted by molar-refractivity contribution is 0.315. The molecule has 16 heavy (non-hydrogen) atoms. The van der Waals surface area contributed by atoms with Gasteiger partial charge in [0, 0.05) is 0 Å². The Morgan fingerprint density at radius 3 is 2.62 bits per heavy atom. The molecule has 6 heteroatoms. The van der Waals surface area contributed by atoms with E-state index in [1.54, 1.807) is 19.1 Å². The molecule has 0 amide bonds. The Kier molecular flexibility index (Phi) is 4.14. The van der Waals surface area contributed by atoms with E-state index in [1.807, 2.05) is 0 Å². The van der Waals surface area contributed by atoms with Crippen molar-refractivity contribution < 1.29 is 22.8 Å². The molecule has 2 N–H and O–H groups in total. The van der Waals surface area contributed by atoms with E-state index in [0.717, 1.165) is 0 Å². The molecule has 0 aromatic heterocycles. The highest BCUT2D eigenvalue weighted by molar-refractivity contribution is 7.85. The Hall–Kier alpha value is -1.27. The summed E-state index contributed by atoms with van der Waals surface area (Å²) < 4.78 is 34.5. The van der Waals surface area contributed by atoms with Gasteiger partial charge in [-0.2, -0.15) is 8.42 Å². The molecule has 0 radical (unpaired) electrons. The molecule has 0 saturated carbocycles. The molecule has 0 aliphatic carbocycles. The van der Waals surface area contributed by atoms with Crippen molar-refractivity contribution in [2.45, 2.75) is 13.3 Å². The first-order chi connectivity index (χ1) is 7.38. The van der Waals surface area contributed by atoms with Crippen LogP contribution in [0.25, 0.3) is 0 Å². The summed E-state index contributed by atoms with van der Waals surface area (Å²) in [7, 11) is -3.91. The van der Waals surface area contributed by atoms with Gasteiger partial charge in [0.15, 0.2) is 0 Å². The van der Waals surface area contributed by atoms with Crippen LogP contribution in [0.5, 0.6) is 11.5 Å². The van der Waals surface area contributed by atoms with Gasteiger partial charge in [-0.05, 0) is 37.1 Å². The van der Waals surface area contributed by atoms with Crippen molar-refractivity contribution in [1.82, 2.24) is 0 Å². The van der Waals surface area contributed by atoms with Gasteiger partial charge >= 0.3 is 0 Å². The standard InChI is InChI=1S/C10H14O5S/c1-8-7-9(3-4-10(8)11)15-5-2-6-16(12,13)14/h3-4,7,11H,2,5-6H2,1H3,(H,12,13,14). The van der Waals surface area contributed by atoms with Crippen molar-refractivity contribution in [1.29, 1.82) is 0 Å². The molecule has 0 saturated heterocycles. The number of phenols is 1. The number of hydrogen-bond donors (Lipinski definition) is 2. The van der Waals surface area contributed by atoms with Gasteiger partial charge in [-0.3, -0.25) is 4.55 Å². The molecule has 90 valence electrons. The Morgan fingerprint density at radius 1 is 1.38 bits per heavy atom. The van der Waals surface area contributed by atoms with Gasteiger partial charge in [-0.1, -0.05) is 0 Å². The summed E-state index contributed by atoms with van der Waals surface area (Å²) in [5, 5.41) is 9.25. The van der Waals surface area contributed by atoms with Crippen LogP contribution in [0.3, 0.4) is 0 Å². The maximum atomic E-state index is 10.4. The Morgan fingerprint density at radius 2 is 2.06 bits per heavy atom. The summed E-state index contributed by atoms with van der Waals surface area (Å²) in [5.74, 6) is 0.431. The van der Waals surface area contributed by atoms with Crippen LogP contribution in [-0.4, -0.2) is 30.4 Å². The first kappa shape index (κ1) is 12.8. The van der Waals surface area contributed by atoms with Gasteiger partial charge in [0.05, 0.1) is 12.4 Å². The highest BCUT2D eigenvalue weighted by Crippen LogP contribution is 2.21. The maximum Gasteiger partial charge on any atom is 0.264 e. The number of ether oxygens (including phenoxy) is 1. The summed E-state index contributed by atoms with van der Waals surface area (Å²) in [4.78, 5) is 0. The zero-order valence-corrected chi connectivity index (χ0v) is 9.70. The zero-order chi connectivity index (χ0) is 12.2. The average Bonchev–Trinajstić information content (AvgIpc) is 2.17. The zero-order valence-electron chi connectivity index (χ0n) is 8.88. The third-order valence-electron chi connectivity index (χ3n) is 1.98. The van der Waals surface area contributed by atoms with E-state index < -0.39 is 10.1 Å². The van der Waals surface area contributed by atoms with Crippen LogP contribution >= 0.6 is 0 Å². The lowest BCUT2D eigenvalue weighted by Gasteiger charge is -2.06. The van der Waals surface area contributed by atoms with Crippen molar-refractivity contribution >= 4 is 10.1 Å². The SMILES string of the molecule is Cc1cc(OCCCS(=O)(=O)O)ccc1O. The number of rotatable bonds is 5. The van der Waals surface area contributed by atoms with Gasteiger partial charge in [-0.25, -0.2) is 0 Å². The molecule has 0 heterocycles. The molecule has 0 aliphatic rings. The van der Waals surface area contributed by atoms with Crippen molar-refractivity contribution in [3.63, 3.8) is 0 Å². The van der Waals surface area contributed by atoms with Gasteiger partial charge in [0.1, 0.15) is 11.5 Å². The maximum absolute atomic E-state index is 10.4. The van der Waals surface area contributed by atoms with Gasteiger partial charge in [0.2, 0.25) is 0 Å². The molecule has 0 atom stereocenters. The van der Waals surface area contributed by atoms with E-state index in [2.05, 4.69) is 0 Å². The molecule has 0 aliphatic heterocycles. The van der Waals surface area contributed by atoms with Crippen LogP contribution in [0, 0.1) is 6.92 Å². The predicted molar refractivity (Wildman–Crippen MR) is 59.4 cm³/mol. The molecule has 0 spiro atoms. The van der Waals surface area contributed by atoms with Crippen LogP contribution in [0.4, 0.5) is 0 Å². The van der Waals surface area contributed by atoms with Crippen LogP contribution in [0.15, 0.2) is 18.2 Å². The highest BCUT2D eigenvalue weighted by Gasteiger charge is 2.04. The monoisotopic (exact) mass is 246 g/mol. The minimum absolute atomic E-state index is 0.185. The van der Waals surface area contributed by atoms with Crippen molar-refractivity contribution in [3.8, 4) is 11.5 Å². The fourth-order valence-electron chi connectivity index (χ4n) is 1.15. The summed E-state index contributed by atoms with van der Waals surface area (Å²) in [6.07, 6.45) is 0.221. The number of aromatic hydroxyl groups is 1. The molecule has 5 nitrogen and oxygen atoms in total. The summed E-state index contributed by atoms with van der Waals surface area (Å²) in [6.45, 7) is 1.93. The lowest BCUT2D eigenvalue weighted by atomic mass is 10.2. The number of phenolic OH excluding ortho intramolecular Hbond substituents is 1. The molecular formula is C10H14O5S. The second-order valence-corrected chi connectivity index (χ2v) is 5.01. The minimum atomic E-state index is -3.91. The van der Waals surface area contributed by atoms with Gasteiger partial charge in [-0.15, -0.1) is 0 Å². The van der Waals surface area contributed by atoms with E-state index >= 15 is 0 Å². The van der Waals surface area contributed by atoms with Crippen LogP contribution in [0.2, 0.25) is 0 Å². The van der Waals surface area contributed by atoms with E-state index in [4.69, 9.17) is 9.29 Å². The molecule has 1 aromatic carbocycles. The summed E-state index contributed by atoms with van der Waals surface area (Å²) in [6, 6.07) is 4.76. The molecule has 0 unspecified atom stereocenters. The molecule has 0 bridgehead atoms. The third-order valence-corrected chi connectivity index (χ3v) is 2.79. The Balaban J connectivity index is 2.41. The van der Waals surface area contributed by atoms with E-state index in [1.165, 1.54) is 6.07 Å². The highest BCUT2D eigenvalue weighted by atomic mass is 32.2.